The highest BCUT2D eigenvalue weighted by molar-refractivity contribution is 7.92. The highest BCUT2D eigenvalue weighted by Gasteiger charge is 2.27. The van der Waals surface area contributed by atoms with Crippen LogP contribution >= 0.6 is 0 Å². The van der Waals surface area contributed by atoms with Crippen molar-refractivity contribution in [3.05, 3.63) is 84.4 Å². The zero-order valence-corrected chi connectivity index (χ0v) is 17.7. The fourth-order valence-corrected chi connectivity index (χ4v) is 4.39. The Kier molecular flexibility index (Phi) is 6.74. The summed E-state index contributed by atoms with van der Waals surface area (Å²) in [4.78, 5) is 12.8. The van der Waals surface area contributed by atoms with Crippen LogP contribution in [-0.4, -0.2) is 28.0 Å². The van der Waals surface area contributed by atoms with Gasteiger partial charge in [-0.3, -0.25) is 9.10 Å². The van der Waals surface area contributed by atoms with E-state index in [1.807, 2.05) is 19.1 Å². The van der Waals surface area contributed by atoms with Gasteiger partial charge in [0.2, 0.25) is 5.91 Å². The molecular formula is C23H24N2O4S. The first kappa shape index (κ1) is 21.4. The van der Waals surface area contributed by atoms with Crippen molar-refractivity contribution >= 4 is 27.3 Å². The second kappa shape index (κ2) is 9.45. The van der Waals surface area contributed by atoms with Crippen molar-refractivity contribution in [2.24, 2.45) is 0 Å². The molecule has 30 heavy (non-hydrogen) atoms. The SMILES string of the molecule is CCc1ccc(NC(=O)CN(c2cccc(OC)c2)S(=O)(=O)c2ccccc2)cc1. The number of hydrogen-bond acceptors (Lipinski definition) is 4. The van der Waals surface area contributed by atoms with Gasteiger partial charge in [0.15, 0.2) is 0 Å². The molecule has 0 atom stereocenters. The molecule has 0 radical (unpaired) electrons. The third-order valence-electron chi connectivity index (χ3n) is 4.61. The van der Waals surface area contributed by atoms with Gasteiger partial charge < -0.3 is 10.1 Å². The van der Waals surface area contributed by atoms with Crippen molar-refractivity contribution in [1.82, 2.24) is 0 Å². The number of anilines is 2. The quantitative estimate of drug-likeness (QED) is 0.591. The number of carbonyl (C=O) groups excluding carboxylic acids is 1. The van der Waals surface area contributed by atoms with Crippen molar-refractivity contribution in [2.45, 2.75) is 18.2 Å². The zero-order valence-electron chi connectivity index (χ0n) is 16.9. The molecule has 6 nitrogen and oxygen atoms in total. The van der Waals surface area contributed by atoms with Crippen LogP contribution in [0.4, 0.5) is 11.4 Å². The minimum absolute atomic E-state index is 0.105. The van der Waals surface area contributed by atoms with E-state index >= 15 is 0 Å². The average molecular weight is 425 g/mol. The molecule has 0 bridgehead atoms. The average Bonchev–Trinajstić information content (AvgIpc) is 2.78. The van der Waals surface area contributed by atoms with E-state index in [1.165, 1.54) is 19.2 Å². The number of carbonyl (C=O) groups is 1. The van der Waals surface area contributed by atoms with Crippen molar-refractivity contribution in [1.29, 1.82) is 0 Å². The van der Waals surface area contributed by atoms with Crippen molar-refractivity contribution in [3.8, 4) is 5.75 Å². The lowest BCUT2D eigenvalue weighted by Gasteiger charge is -2.24. The van der Waals surface area contributed by atoms with E-state index < -0.39 is 15.9 Å². The third kappa shape index (κ3) is 4.99. The molecule has 0 spiro atoms. The summed E-state index contributed by atoms with van der Waals surface area (Å²) in [5.41, 5.74) is 2.10. The number of rotatable bonds is 8. The molecule has 0 heterocycles. The number of hydrogen-bond donors (Lipinski definition) is 1. The molecule has 0 fully saturated rings. The van der Waals surface area contributed by atoms with Gasteiger partial charge in [-0.05, 0) is 48.4 Å². The van der Waals surface area contributed by atoms with E-state index in [0.29, 0.717) is 17.1 Å². The molecule has 1 amide bonds. The van der Waals surface area contributed by atoms with Crippen LogP contribution in [0.3, 0.4) is 0 Å². The number of nitrogens with one attached hydrogen (secondary N) is 1. The summed E-state index contributed by atoms with van der Waals surface area (Å²) in [6.07, 6.45) is 0.896. The normalized spacial score (nSPS) is 11.0. The molecule has 0 unspecified atom stereocenters. The first-order valence-corrected chi connectivity index (χ1v) is 11.0. The monoisotopic (exact) mass is 424 g/mol. The van der Waals surface area contributed by atoms with Crippen LogP contribution in [0.5, 0.6) is 5.75 Å². The lowest BCUT2D eigenvalue weighted by molar-refractivity contribution is -0.114. The van der Waals surface area contributed by atoms with Gasteiger partial charge in [-0.25, -0.2) is 8.42 Å². The highest BCUT2D eigenvalue weighted by Crippen LogP contribution is 2.27. The van der Waals surface area contributed by atoms with Gasteiger partial charge in [0.05, 0.1) is 17.7 Å². The number of sulfonamides is 1. The summed E-state index contributed by atoms with van der Waals surface area (Å²) in [5, 5.41) is 2.77. The van der Waals surface area contributed by atoms with Gasteiger partial charge in [0, 0.05) is 11.8 Å². The van der Waals surface area contributed by atoms with E-state index in [1.54, 1.807) is 54.6 Å². The molecule has 0 saturated heterocycles. The Hall–Kier alpha value is -3.32. The molecule has 3 aromatic rings. The van der Waals surface area contributed by atoms with Crippen LogP contribution < -0.4 is 14.4 Å². The number of methoxy groups -OCH3 is 1. The van der Waals surface area contributed by atoms with E-state index in [9.17, 15) is 13.2 Å². The topological polar surface area (TPSA) is 75.7 Å². The lowest BCUT2D eigenvalue weighted by Crippen LogP contribution is -2.38. The molecule has 0 aliphatic rings. The maximum atomic E-state index is 13.3. The summed E-state index contributed by atoms with van der Waals surface area (Å²) in [6.45, 7) is 1.67. The molecular weight excluding hydrogens is 400 g/mol. The molecule has 3 rings (SSSR count). The number of benzene rings is 3. The predicted octanol–water partition coefficient (Wildman–Crippen LogP) is 4.09. The molecule has 0 aromatic heterocycles. The van der Waals surface area contributed by atoms with Gasteiger partial charge in [0.1, 0.15) is 12.3 Å². The number of amides is 1. The second-order valence-electron chi connectivity index (χ2n) is 6.62. The van der Waals surface area contributed by atoms with Crippen LogP contribution in [0.1, 0.15) is 12.5 Å². The van der Waals surface area contributed by atoms with Crippen LogP contribution in [0.2, 0.25) is 0 Å². The maximum Gasteiger partial charge on any atom is 0.264 e. The summed E-state index contributed by atoms with van der Waals surface area (Å²) < 4.78 is 32.9. The van der Waals surface area contributed by atoms with E-state index in [-0.39, 0.29) is 11.4 Å². The molecule has 156 valence electrons. The van der Waals surface area contributed by atoms with Gasteiger partial charge in [-0.1, -0.05) is 43.3 Å². The van der Waals surface area contributed by atoms with Crippen molar-refractivity contribution < 1.29 is 17.9 Å². The molecule has 7 heteroatoms. The Labute approximate surface area is 177 Å². The van der Waals surface area contributed by atoms with E-state index in [0.717, 1.165) is 16.3 Å². The number of aryl methyl sites for hydroxylation is 1. The van der Waals surface area contributed by atoms with Crippen LogP contribution in [0.25, 0.3) is 0 Å². The Balaban J connectivity index is 1.91. The second-order valence-corrected chi connectivity index (χ2v) is 8.49. The summed E-state index contributed by atoms with van der Waals surface area (Å²) >= 11 is 0. The molecule has 3 aromatic carbocycles. The molecule has 1 N–H and O–H groups in total. The third-order valence-corrected chi connectivity index (χ3v) is 6.39. The van der Waals surface area contributed by atoms with Gasteiger partial charge in [0.25, 0.3) is 10.0 Å². The van der Waals surface area contributed by atoms with Crippen LogP contribution in [-0.2, 0) is 21.2 Å². The van der Waals surface area contributed by atoms with Gasteiger partial charge in [-0.2, -0.15) is 0 Å². The fraction of sp³-hybridized carbons (Fsp3) is 0.174. The Morgan fingerprint density at radius 3 is 2.30 bits per heavy atom. The van der Waals surface area contributed by atoms with Crippen LogP contribution in [0.15, 0.2) is 83.8 Å². The van der Waals surface area contributed by atoms with Crippen molar-refractivity contribution in [2.75, 3.05) is 23.3 Å². The zero-order chi connectivity index (χ0) is 21.6. The summed E-state index contributed by atoms with van der Waals surface area (Å²) in [7, 11) is -2.46. The predicted molar refractivity (Wildman–Crippen MR) is 118 cm³/mol. The summed E-state index contributed by atoms with van der Waals surface area (Å²) in [5.74, 6) is 0.0536. The Morgan fingerprint density at radius 1 is 0.967 bits per heavy atom. The summed E-state index contributed by atoms with van der Waals surface area (Å²) in [6, 6.07) is 22.1. The minimum atomic E-state index is -3.96. The van der Waals surface area contributed by atoms with Gasteiger partial charge >= 0.3 is 0 Å². The maximum absolute atomic E-state index is 13.3. The molecule has 0 aliphatic carbocycles. The first-order chi connectivity index (χ1) is 14.4. The standard InChI is InChI=1S/C23H24N2O4S/c1-3-18-12-14-19(15-13-18)24-23(26)17-25(20-8-7-9-21(16-20)29-2)30(27,28)22-10-5-4-6-11-22/h4-16H,3,17H2,1-2H3,(H,24,26). The minimum Gasteiger partial charge on any atom is -0.497 e. The number of ether oxygens (including phenoxy) is 1. The lowest BCUT2D eigenvalue weighted by atomic mass is 10.1. The van der Waals surface area contributed by atoms with E-state index in [4.69, 9.17) is 4.74 Å². The Bertz CT molecular complexity index is 1100. The molecule has 0 aliphatic heterocycles. The largest absolute Gasteiger partial charge is 0.497 e. The van der Waals surface area contributed by atoms with Crippen LogP contribution in [0, 0.1) is 0 Å². The molecule has 0 saturated carbocycles. The van der Waals surface area contributed by atoms with Gasteiger partial charge in [-0.15, -0.1) is 0 Å². The highest BCUT2D eigenvalue weighted by atomic mass is 32.2. The van der Waals surface area contributed by atoms with E-state index in [2.05, 4.69) is 5.32 Å². The fourth-order valence-electron chi connectivity index (χ4n) is 2.96. The number of nitrogens with zero attached hydrogens (tertiary/aromatic N) is 1. The smallest absolute Gasteiger partial charge is 0.264 e. The Morgan fingerprint density at radius 2 is 1.67 bits per heavy atom. The first-order valence-electron chi connectivity index (χ1n) is 9.54. The van der Waals surface area contributed by atoms with Crippen molar-refractivity contribution in [3.63, 3.8) is 0 Å².